The van der Waals surface area contributed by atoms with E-state index >= 15 is 0 Å². The van der Waals surface area contributed by atoms with Crippen LogP contribution in [-0.4, -0.2) is 16.6 Å². The first-order chi connectivity index (χ1) is 10.8. The second kappa shape index (κ2) is 7.02. The van der Waals surface area contributed by atoms with Gasteiger partial charge in [-0.2, -0.15) is 18.4 Å². The molecule has 0 aliphatic carbocycles. The van der Waals surface area contributed by atoms with E-state index in [1.807, 2.05) is 0 Å². The summed E-state index contributed by atoms with van der Waals surface area (Å²) >= 11 is 2.16. The molecule has 2 aromatic rings. The van der Waals surface area contributed by atoms with Gasteiger partial charge in [0.2, 0.25) is 5.91 Å². The molecule has 4 nitrogen and oxygen atoms in total. The van der Waals surface area contributed by atoms with Crippen molar-refractivity contribution in [3.63, 3.8) is 0 Å². The van der Waals surface area contributed by atoms with E-state index in [2.05, 4.69) is 4.98 Å². The van der Waals surface area contributed by atoms with E-state index < -0.39 is 23.2 Å². The number of halogens is 3. The molecule has 2 N–H and O–H groups in total. The van der Waals surface area contributed by atoms with Crippen molar-refractivity contribution >= 4 is 29.0 Å². The third-order valence-corrected chi connectivity index (χ3v) is 4.63. The van der Waals surface area contributed by atoms with Crippen LogP contribution in [0.25, 0.3) is 10.6 Å². The zero-order chi connectivity index (χ0) is 17.0. The highest BCUT2D eigenvalue weighted by molar-refractivity contribution is 7.99. The third-order valence-electron chi connectivity index (χ3n) is 2.76. The number of primary amides is 1. The van der Waals surface area contributed by atoms with Crippen LogP contribution in [0.1, 0.15) is 17.5 Å². The van der Waals surface area contributed by atoms with Crippen LogP contribution in [0.5, 0.6) is 0 Å². The van der Waals surface area contributed by atoms with Crippen molar-refractivity contribution in [3.8, 4) is 16.6 Å². The van der Waals surface area contributed by atoms with Gasteiger partial charge in [-0.15, -0.1) is 23.1 Å². The molecular weight excluding hydrogens is 347 g/mol. The van der Waals surface area contributed by atoms with E-state index in [1.54, 1.807) is 23.6 Å². The fraction of sp³-hybridized carbons (Fsp3) is 0.214. The number of hydrogen-bond acceptors (Lipinski definition) is 5. The van der Waals surface area contributed by atoms with Gasteiger partial charge in [0.05, 0.1) is 21.7 Å². The molecule has 0 aliphatic heterocycles. The average molecular weight is 357 g/mol. The minimum Gasteiger partial charge on any atom is -0.370 e. The number of hydrogen-bond donors (Lipinski definition) is 1. The number of nitriles is 1. The van der Waals surface area contributed by atoms with Gasteiger partial charge >= 0.3 is 6.18 Å². The van der Waals surface area contributed by atoms with Gasteiger partial charge in [-0.1, -0.05) is 6.07 Å². The Morgan fingerprint density at radius 3 is 2.74 bits per heavy atom. The van der Waals surface area contributed by atoms with Crippen molar-refractivity contribution in [2.45, 2.75) is 17.6 Å². The van der Waals surface area contributed by atoms with Gasteiger partial charge in [0.25, 0.3) is 0 Å². The first kappa shape index (κ1) is 17.3. The molecule has 2 heterocycles. The molecule has 0 aliphatic rings. The molecule has 2 aromatic heterocycles. The summed E-state index contributed by atoms with van der Waals surface area (Å²) < 4.78 is 39.7. The van der Waals surface area contributed by atoms with E-state index in [-0.39, 0.29) is 22.9 Å². The molecule has 0 saturated carbocycles. The highest BCUT2D eigenvalue weighted by Gasteiger charge is 2.36. The lowest BCUT2D eigenvalue weighted by Crippen LogP contribution is -2.12. The first-order valence-corrected chi connectivity index (χ1v) is 8.16. The fourth-order valence-electron chi connectivity index (χ4n) is 1.76. The largest absolute Gasteiger partial charge is 0.417 e. The summed E-state index contributed by atoms with van der Waals surface area (Å²) in [6.45, 7) is 0. The first-order valence-electron chi connectivity index (χ1n) is 6.30. The highest BCUT2D eigenvalue weighted by Crippen LogP contribution is 2.38. The monoisotopic (exact) mass is 357 g/mol. The molecule has 2 rings (SSSR count). The summed E-state index contributed by atoms with van der Waals surface area (Å²) in [6.07, 6.45) is -4.68. The Bertz CT molecular complexity index is 752. The number of pyridine rings is 1. The van der Waals surface area contributed by atoms with Gasteiger partial charge < -0.3 is 5.73 Å². The van der Waals surface area contributed by atoms with Crippen LogP contribution in [0, 0.1) is 11.3 Å². The summed E-state index contributed by atoms with van der Waals surface area (Å²) in [5.74, 6) is -0.413. The Labute approximate surface area is 138 Å². The van der Waals surface area contributed by atoms with E-state index in [0.717, 1.165) is 17.8 Å². The maximum absolute atomic E-state index is 13.2. The standard InChI is InChI=1S/C14H10F3N3OS2/c15-14(16,17)9-6-10(11-2-1-4-22-11)20-13(8(9)7-18)23-5-3-12(19)21/h1-2,4,6H,3,5H2,(H2,19,21). The molecule has 0 atom stereocenters. The van der Waals surface area contributed by atoms with Crippen LogP contribution in [0.4, 0.5) is 13.2 Å². The van der Waals surface area contributed by atoms with Crippen molar-refractivity contribution in [2.75, 3.05) is 5.75 Å². The Balaban J connectivity index is 2.51. The van der Waals surface area contributed by atoms with Gasteiger partial charge in [0.15, 0.2) is 0 Å². The zero-order valence-electron chi connectivity index (χ0n) is 11.6. The van der Waals surface area contributed by atoms with Crippen molar-refractivity contribution in [3.05, 3.63) is 34.7 Å². The Hall–Kier alpha value is -2.05. The number of aromatic nitrogens is 1. The van der Waals surface area contributed by atoms with Crippen LogP contribution in [0.3, 0.4) is 0 Å². The predicted molar refractivity (Wildman–Crippen MR) is 81.8 cm³/mol. The topological polar surface area (TPSA) is 79.8 Å². The molecule has 0 radical (unpaired) electrons. The number of nitrogens with zero attached hydrogens (tertiary/aromatic N) is 2. The second-order valence-corrected chi connectivity index (χ2v) is 6.42. The van der Waals surface area contributed by atoms with Crippen LogP contribution in [0.2, 0.25) is 0 Å². The van der Waals surface area contributed by atoms with Crippen molar-refractivity contribution in [1.29, 1.82) is 5.26 Å². The van der Waals surface area contributed by atoms with Crippen LogP contribution in [-0.2, 0) is 11.0 Å². The summed E-state index contributed by atoms with van der Waals surface area (Å²) in [5.41, 5.74) is 3.60. The molecule has 23 heavy (non-hydrogen) atoms. The van der Waals surface area contributed by atoms with Crippen LogP contribution >= 0.6 is 23.1 Å². The van der Waals surface area contributed by atoms with Gasteiger partial charge in [-0.25, -0.2) is 4.98 Å². The van der Waals surface area contributed by atoms with Gasteiger partial charge in [0.1, 0.15) is 11.1 Å². The molecule has 120 valence electrons. The number of carbonyl (C=O) groups is 1. The molecule has 1 amide bonds. The third kappa shape index (κ3) is 4.24. The predicted octanol–water partition coefficient (Wildman–Crippen LogP) is 3.67. The van der Waals surface area contributed by atoms with Crippen LogP contribution in [0.15, 0.2) is 28.6 Å². The Morgan fingerprint density at radius 2 is 2.22 bits per heavy atom. The maximum Gasteiger partial charge on any atom is 0.417 e. The van der Waals surface area contributed by atoms with Crippen molar-refractivity contribution in [1.82, 2.24) is 4.98 Å². The molecule has 9 heteroatoms. The molecule has 0 aromatic carbocycles. The van der Waals surface area contributed by atoms with E-state index in [0.29, 0.717) is 4.88 Å². The number of carbonyl (C=O) groups excluding carboxylic acids is 1. The molecular formula is C14H10F3N3OS2. The molecule has 0 saturated heterocycles. The molecule has 0 fully saturated rings. The second-order valence-electron chi connectivity index (χ2n) is 4.39. The Morgan fingerprint density at radius 1 is 1.48 bits per heavy atom. The number of thioether (sulfide) groups is 1. The SMILES string of the molecule is N#Cc1c(C(F)(F)F)cc(-c2cccs2)nc1SCCC(N)=O. The summed E-state index contributed by atoms with van der Waals surface area (Å²) in [5, 5.41) is 10.8. The minimum absolute atomic E-state index is 0.0121. The maximum atomic E-state index is 13.2. The summed E-state index contributed by atoms with van der Waals surface area (Å²) in [4.78, 5) is 15.5. The van der Waals surface area contributed by atoms with Gasteiger partial charge in [0, 0.05) is 12.2 Å². The summed E-state index contributed by atoms with van der Waals surface area (Å²) in [7, 11) is 0. The number of alkyl halides is 3. The molecule has 0 spiro atoms. The number of nitrogens with two attached hydrogens (primary N) is 1. The highest BCUT2D eigenvalue weighted by atomic mass is 32.2. The number of amides is 1. The molecule has 0 unspecified atom stereocenters. The average Bonchev–Trinajstić information content (AvgIpc) is 2.99. The van der Waals surface area contributed by atoms with Crippen molar-refractivity contribution < 1.29 is 18.0 Å². The quantitative estimate of drug-likeness (QED) is 0.828. The van der Waals surface area contributed by atoms with Gasteiger partial charge in [-0.3, -0.25) is 4.79 Å². The van der Waals surface area contributed by atoms with Gasteiger partial charge in [-0.05, 0) is 17.5 Å². The minimum atomic E-state index is -4.67. The number of thiophene rings is 1. The van der Waals surface area contributed by atoms with Crippen molar-refractivity contribution in [2.24, 2.45) is 5.73 Å². The zero-order valence-corrected chi connectivity index (χ0v) is 13.2. The Kier molecular flexibility index (Phi) is 5.28. The van der Waals surface area contributed by atoms with E-state index in [4.69, 9.17) is 11.0 Å². The van der Waals surface area contributed by atoms with E-state index in [1.165, 1.54) is 11.3 Å². The van der Waals surface area contributed by atoms with E-state index in [9.17, 15) is 18.0 Å². The fourth-order valence-corrected chi connectivity index (χ4v) is 3.40. The summed E-state index contributed by atoms with van der Waals surface area (Å²) in [6, 6.07) is 5.79. The lowest BCUT2D eigenvalue weighted by atomic mass is 10.1. The smallest absolute Gasteiger partial charge is 0.370 e. The van der Waals surface area contributed by atoms with Crippen LogP contribution < -0.4 is 5.73 Å². The normalized spacial score (nSPS) is 11.2. The lowest BCUT2D eigenvalue weighted by molar-refractivity contribution is -0.138. The lowest BCUT2D eigenvalue weighted by Gasteiger charge is -2.13. The molecule has 0 bridgehead atoms. The number of rotatable bonds is 5.